The lowest BCUT2D eigenvalue weighted by Gasteiger charge is -2.01. The zero-order valence-corrected chi connectivity index (χ0v) is 8.06. The highest BCUT2D eigenvalue weighted by Gasteiger charge is 2.03. The lowest BCUT2D eigenvalue weighted by atomic mass is 10.4. The molecule has 0 aromatic carbocycles. The van der Waals surface area contributed by atoms with Crippen LogP contribution >= 0.6 is 23.2 Å². The summed E-state index contributed by atoms with van der Waals surface area (Å²) in [4.78, 5) is 14.8. The zero-order chi connectivity index (χ0) is 9.84. The Kier molecular flexibility index (Phi) is 3.28. The van der Waals surface area contributed by atoms with E-state index < -0.39 is 5.91 Å². The van der Waals surface area contributed by atoms with Crippen LogP contribution in [-0.2, 0) is 4.79 Å². The Balaban J connectivity index is 2.70. The molecular weight excluding hydrogens is 211 g/mol. The van der Waals surface area contributed by atoms with Gasteiger partial charge in [-0.3, -0.25) is 4.79 Å². The minimum Gasteiger partial charge on any atom is -0.320 e. The standard InChI is InChI=1S/C8H6Cl2N2O/c1-5(9)8(13)12-6-2-3-7(10)11-4-6/h2-4H,1H2,(H,12,13). The number of rotatable bonds is 2. The molecule has 68 valence electrons. The lowest BCUT2D eigenvalue weighted by molar-refractivity contribution is -0.112. The van der Waals surface area contributed by atoms with Crippen LogP contribution in [0, 0.1) is 0 Å². The van der Waals surface area contributed by atoms with Crippen molar-refractivity contribution < 1.29 is 4.79 Å². The average Bonchev–Trinajstić information content (AvgIpc) is 2.08. The molecular formula is C8H6Cl2N2O. The first-order chi connectivity index (χ1) is 6.09. The van der Waals surface area contributed by atoms with Gasteiger partial charge in [0, 0.05) is 0 Å². The minimum atomic E-state index is -0.453. The van der Waals surface area contributed by atoms with E-state index in [0.717, 1.165) is 0 Å². The molecule has 0 bridgehead atoms. The van der Waals surface area contributed by atoms with Gasteiger partial charge in [0.1, 0.15) is 5.15 Å². The molecule has 13 heavy (non-hydrogen) atoms. The van der Waals surface area contributed by atoms with E-state index in [2.05, 4.69) is 16.9 Å². The predicted molar refractivity (Wildman–Crippen MR) is 52.9 cm³/mol. The van der Waals surface area contributed by atoms with Crippen molar-refractivity contribution in [2.45, 2.75) is 0 Å². The molecule has 0 spiro atoms. The fourth-order valence-corrected chi connectivity index (χ4v) is 0.808. The maximum absolute atomic E-state index is 11.0. The Labute approximate surface area is 85.4 Å². The molecule has 0 atom stereocenters. The molecule has 0 unspecified atom stereocenters. The van der Waals surface area contributed by atoms with Gasteiger partial charge in [-0.1, -0.05) is 29.8 Å². The van der Waals surface area contributed by atoms with Crippen molar-refractivity contribution in [1.29, 1.82) is 0 Å². The summed E-state index contributed by atoms with van der Waals surface area (Å²) in [5, 5.41) is 2.77. The summed E-state index contributed by atoms with van der Waals surface area (Å²) < 4.78 is 0. The van der Waals surface area contributed by atoms with Crippen molar-refractivity contribution >= 4 is 34.8 Å². The van der Waals surface area contributed by atoms with Crippen LogP contribution in [0.25, 0.3) is 0 Å². The van der Waals surface area contributed by atoms with Crippen LogP contribution in [0.5, 0.6) is 0 Å². The van der Waals surface area contributed by atoms with E-state index >= 15 is 0 Å². The molecule has 1 aromatic heterocycles. The molecule has 0 saturated heterocycles. The van der Waals surface area contributed by atoms with E-state index in [1.807, 2.05) is 0 Å². The Morgan fingerprint density at radius 2 is 2.23 bits per heavy atom. The van der Waals surface area contributed by atoms with E-state index in [1.54, 1.807) is 12.1 Å². The van der Waals surface area contributed by atoms with Gasteiger partial charge in [0.25, 0.3) is 5.91 Å². The summed E-state index contributed by atoms with van der Waals surface area (Å²) in [6.45, 7) is 3.28. The third-order valence-electron chi connectivity index (χ3n) is 1.23. The van der Waals surface area contributed by atoms with Gasteiger partial charge in [-0.25, -0.2) is 4.98 Å². The quantitative estimate of drug-likeness (QED) is 0.610. The smallest absolute Gasteiger partial charge is 0.266 e. The molecule has 0 fully saturated rings. The van der Waals surface area contributed by atoms with Crippen molar-refractivity contribution in [2.24, 2.45) is 0 Å². The molecule has 0 radical (unpaired) electrons. The largest absolute Gasteiger partial charge is 0.320 e. The summed E-state index contributed by atoms with van der Waals surface area (Å²) in [6.07, 6.45) is 1.43. The monoisotopic (exact) mass is 216 g/mol. The second kappa shape index (κ2) is 4.25. The summed E-state index contributed by atoms with van der Waals surface area (Å²) in [6, 6.07) is 3.18. The third kappa shape index (κ3) is 3.05. The summed E-state index contributed by atoms with van der Waals surface area (Å²) in [5.74, 6) is -0.453. The third-order valence-corrected chi connectivity index (χ3v) is 1.63. The first kappa shape index (κ1) is 10.0. The van der Waals surface area contributed by atoms with Crippen LogP contribution in [0.3, 0.4) is 0 Å². The number of nitrogens with zero attached hydrogens (tertiary/aromatic N) is 1. The number of carbonyl (C=O) groups is 1. The highest BCUT2D eigenvalue weighted by atomic mass is 35.5. The van der Waals surface area contributed by atoms with Crippen molar-refractivity contribution in [3.63, 3.8) is 0 Å². The van der Waals surface area contributed by atoms with E-state index in [0.29, 0.717) is 10.8 Å². The lowest BCUT2D eigenvalue weighted by Crippen LogP contribution is -2.10. The number of amides is 1. The number of anilines is 1. The predicted octanol–water partition coefficient (Wildman–Crippen LogP) is 2.43. The Hall–Kier alpha value is -1.06. The SMILES string of the molecule is C=C(Cl)C(=O)Nc1ccc(Cl)nc1. The summed E-state index contributed by atoms with van der Waals surface area (Å²) in [7, 11) is 0. The molecule has 1 rings (SSSR count). The molecule has 1 amide bonds. The molecule has 1 heterocycles. The van der Waals surface area contributed by atoms with Crippen LogP contribution in [0.2, 0.25) is 5.15 Å². The summed E-state index contributed by atoms with van der Waals surface area (Å²) in [5.41, 5.74) is 0.524. The van der Waals surface area contributed by atoms with Gasteiger partial charge in [-0.15, -0.1) is 0 Å². The van der Waals surface area contributed by atoms with Crippen LogP contribution in [0.15, 0.2) is 29.9 Å². The Morgan fingerprint density at radius 1 is 1.54 bits per heavy atom. The van der Waals surface area contributed by atoms with Gasteiger partial charge in [0.2, 0.25) is 0 Å². The molecule has 5 heteroatoms. The van der Waals surface area contributed by atoms with Crippen LogP contribution < -0.4 is 5.32 Å². The van der Waals surface area contributed by atoms with Gasteiger partial charge in [-0.2, -0.15) is 0 Å². The molecule has 0 aliphatic rings. The Bertz CT molecular complexity index is 335. The van der Waals surface area contributed by atoms with E-state index in [9.17, 15) is 4.79 Å². The first-order valence-electron chi connectivity index (χ1n) is 3.37. The van der Waals surface area contributed by atoms with Crippen molar-refractivity contribution in [3.8, 4) is 0 Å². The highest BCUT2D eigenvalue weighted by Crippen LogP contribution is 2.11. The molecule has 0 aliphatic carbocycles. The minimum absolute atomic E-state index is 0.0741. The topological polar surface area (TPSA) is 42.0 Å². The maximum Gasteiger partial charge on any atom is 0.266 e. The van der Waals surface area contributed by atoms with Gasteiger partial charge in [-0.05, 0) is 12.1 Å². The summed E-state index contributed by atoms with van der Waals surface area (Å²) >= 11 is 10.9. The number of halogens is 2. The molecule has 1 aromatic rings. The second-order valence-electron chi connectivity index (χ2n) is 2.23. The number of pyridine rings is 1. The second-order valence-corrected chi connectivity index (χ2v) is 3.07. The Morgan fingerprint density at radius 3 is 2.69 bits per heavy atom. The van der Waals surface area contributed by atoms with Crippen LogP contribution in [0.4, 0.5) is 5.69 Å². The zero-order valence-electron chi connectivity index (χ0n) is 6.55. The van der Waals surface area contributed by atoms with Gasteiger partial charge in [0.15, 0.2) is 0 Å². The number of aromatic nitrogens is 1. The molecule has 1 N–H and O–H groups in total. The van der Waals surface area contributed by atoms with E-state index in [4.69, 9.17) is 23.2 Å². The van der Waals surface area contributed by atoms with Gasteiger partial charge >= 0.3 is 0 Å². The normalized spacial score (nSPS) is 9.38. The van der Waals surface area contributed by atoms with Crippen molar-refractivity contribution in [1.82, 2.24) is 4.98 Å². The number of hydrogen-bond acceptors (Lipinski definition) is 2. The molecule has 0 aliphatic heterocycles. The molecule has 0 saturated carbocycles. The van der Waals surface area contributed by atoms with E-state index in [1.165, 1.54) is 6.20 Å². The van der Waals surface area contributed by atoms with Crippen LogP contribution in [-0.4, -0.2) is 10.9 Å². The first-order valence-corrected chi connectivity index (χ1v) is 4.12. The maximum atomic E-state index is 11.0. The number of nitrogens with one attached hydrogen (secondary N) is 1. The van der Waals surface area contributed by atoms with Crippen LogP contribution in [0.1, 0.15) is 0 Å². The number of hydrogen-bond donors (Lipinski definition) is 1. The van der Waals surface area contributed by atoms with Gasteiger partial charge in [0.05, 0.1) is 16.9 Å². The number of carbonyl (C=O) groups excluding carboxylic acids is 1. The molecule has 3 nitrogen and oxygen atoms in total. The van der Waals surface area contributed by atoms with E-state index in [-0.39, 0.29) is 5.03 Å². The highest BCUT2D eigenvalue weighted by molar-refractivity contribution is 6.43. The van der Waals surface area contributed by atoms with Crippen molar-refractivity contribution in [2.75, 3.05) is 5.32 Å². The average molecular weight is 217 g/mol. The fourth-order valence-electron chi connectivity index (χ4n) is 0.649. The fraction of sp³-hybridized carbons (Fsp3) is 0. The van der Waals surface area contributed by atoms with Gasteiger partial charge < -0.3 is 5.32 Å². The van der Waals surface area contributed by atoms with Crippen molar-refractivity contribution in [3.05, 3.63) is 35.1 Å².